The third-order valence-corrected chi connectivity index (χ3v) is 5.06. The summed E-state index contributed by atoms with van der Waals surface area (Å²) in [5.41, 5.74) is 3.73. The zero-order valence-corrected chi connectivity index (χ0v) is 18.7. The Morgan fingerprint density at radius 1 is 1.20 bits per heavy atom. The molecule has 0 amide bonds. The first-order valence-corrected chi connectivity index (χ1v) is 10.7. The lowest BCUT2D eigenvalue weighted by Gasteiger charge is -2.28. The van der Waals surface area contributed by atoms with E-state index in [1.165, 1.54) is 0 Å². The van der Waals surface area contributed by atoms with Gasteiger partial charge in [0.05, 0.1) is 5.71 Å². The van der Waals surface area contributed by atoms with Gasteiger partial charge >= 0.3 is 0 Å². The molecule has 1 fully saturated rings. The van der Waals surface area contributed by atoms with Gasteiger partial charge in [0.1, 0.15) is 11.7 Å². The first-order chi connectivity index (χ1) is 14.5. The number of allylic oxidation sites excluding steroid dienone is 3. The third-order valence-electron chi connectivity index (χ3n) is 5.06. The van der Waals surface area contributed by atoms with Crippen LogP contribution in [0.15, 0.2) is 46.1 Å². The van der Waals surface area contributed by atoms with Crippen LogP contribution < -0.4 is 5.32 Å². The van der Waals surface area contributed by atoms with Crippen LogP contribution in [0.25, 0.3) is 5.57 Å². The van der Waals surface area contributed by atoms with Crippen molar-refractivity contribution in [2.24, 2.45) is 15.2 Å². The molecule has 0 aliphatic carbocycles. The van der Waals surface area contributed by atoms with Gasteiger partial charge in [0.15, 0.2) is 0 Å². The third kappa shape index (κ3) is 6.20. The molecule has 1 aromatic rings. The molecule has 5 nitrogen and oxygen atoms in total. The molecule has 2 rings (SSSR count). The number of halogens is 1. The van der Waals surface area contributed by atoms with Crippen molar-refractivity contribution in [3.8, 4) is 0 Å². The second-order valence-corrected chi connectivity index (χ2v) is 7.27. The molecule has 0 aromatic heterocycles. The quantitative estimate of drug-likeness (QED) is 0.389. The molecule has 162 valence electrons. The number of amidine groups is 1. The highest BCUT2D eigenvalue weighted by atomic mass is 19.1. The lowest BCUT2D eigenvalue weighted by atomic mass is 9.93. The number of nitrogens with one attached hydrogen (secondary N) is 1. The summed E-state index contributed by atoms with van der Waals surface area (Å²) in [4.78, 5) is 6.29. The van der Waals surface area contributed by atoms with E-state index in [1.54, 1.807) is 25.4 Å². The lowest BCUT2D eigenvalue weighted by molar-refractivity contribution is 0.355. The van der Waals surface area contributed by atoms with Crippen molar-refractivity contribution in [2.75, 3.05) is 33.2 Å². The molecule has 1 saturated heterocycles. The number of aryl methyl sites for hydroxylation is 1. The van der Waals surface area contributed by atoms with E-state index >= 15 is 4.39 Å². The van der Waals surface area contributed by atoms with Crippen molar-refractivity contribution < 1.29 is 4.39 Å². The van der Waals surface area contributed by atoms with E-state index in [-0.39, 0.29) is 5.82 Å². The maximum atomic E-state index is 15.1. The molecular weight excluding hydrogens is 377 g/mol. The standard InChI is InChI=1S/C24H34FN5/c1-6-9-19-15-21(20(10-7-2)17-26-5)23(25)16-22(19)24(8-3)29-28-18(4)30-13-11-27-12-14-30/h8,10,15-17,27H,3,6-7,9,11-14H2,1-2,4-5H3/b20-10+,26-17?,28-18+,29-24+. The molecule has 1 N–H and O–H groups in total. The van der Waals surface area contributed by atoms with E-state index < -0.39 is 0 Å². The van der Waals surface area contributed by atoms with E-state index in [1.807, 2.05) is 26.0 Å². The van der Waals surface area contributed by atoms with Crippen LogP contribution in [0.5, 0.6) is 0 Å². The van der Waals surface area contributed by atoms with Gasteiger partial charge in [0, 0.05) is 50.6 Å². The lowest BCUT2D eigenvalue weighted by Crippen LogP contribution is -2.45. The molecule has 0 spiro atoms. The van der Waals surface area contributed by atoms with Gasteiger partial charge in [-0.3, -0.25) is 4.99 Å². The zero-order valence-electron chi connectivity index (χ0n) is 18.7. The molecule has 1 aliphatic rings. The molecule has 6 heteroatoms. The zero-order chi connectivity index (χ0) is 21.9. The van der Waals surface area contributed by atoms with Crippen molar-refractivity contribution in [3.05, 3.63) is 53.4 Å². The average Bonchev–Trinajstić information content (AvgIpc) is 2.76. The van der Waals surface area contributed by atoms with Crippen LogP contribution in [0.2, 0.25) is 0 Å². The smallest absolute Gasteiger partial charge is 0.131 e. The molecular formula is C24H34FN5. The molecule has 30 heavy (non-hydrogen) atoms. The maximum absolute atomic E-state index is 15.1. The van der Waals surface area contributed by atoms with Crippen LogP contribution >= 0.6 is 0 Å². The fraction of sp³-hybridized carbons (Fsp3) is 0.458. The van der Waals surface area contributed by atoms with E-state index in [0.29, 0.717) is 11.3 Å². The highest BCUT2D eigenvalue weighted by Crippen LogP contribution is 2.25. The fourth-order valence-electron chi connectivity index (χ4n) is 3.53. The summed E-state index contributed by atoms with van der Waals surface area (Å²) in [5, 5.41) is 12.2. The van der Waals surface area contributed by atoms with Crippen LogP contribution in [-0.2, 0) is 6.42 Å². The number of piperazine rings is 1. The van der Waals surface area contributed by atoms with Crippen LogP contribution in [0.1, 0.15) is 50.3 Å². The summed E-state index contributed by atoms with van der Waals surface area (Å²) >= 11 is 0. The molecule has 1 heterocycles. The van der Waals surface area contributed by atoms with E-state index in [4.69, 9.17) is 0 Å². The average molecular weight is 412 g/mol. The minimum Gasteiger partial charge on any atom is -0.356 e. The van der Waals surface area contributed by atoms with Crippen LogP contribution in [0.3, 0.4) is 0 Å². The Balaban J connectivity index is 2.48. The summed E-state index contributed by atoms with van der Waals surface area (Å²) < 4.78 is 15.1. The normalized spacial score (nSPS) is 16.4. The first kappa shape index (κ1) is 23.7. The number of hydrogen-bond donors (Lipinski definition) is 1. The first-order valence-electron chi connectivity index (χ1n) is 10.7. The van der Waals surface area contributed by atoms with Crippen LogP contribution in [0, 0.1) is 5.82 Å². The molecule has 0 bridgehead atoms. The number of hydrogen-bond acceptors (Lipinski definition) is 4. The van der Waals surface area contributed by atoms with Crippen molar-refractivity contribution in [3.63, 3.8) is 0 Å². The van der Waals surface area contributed by atoms with Crippen molar-refractivity contribution >= 4 is 23.3 Å². The SMILES string of the molecule is C=C/C(=N\N=C(/C)N1CCNCC1)c1cc(F)c(/C(C=NC)=C/CC)cc1CCC. The summed E-state index contributed by atoms with van der Waals surface area (Å²) in [5.74, 6) is 0.569. The molecule has 0 saturated carbocycles. The number of aliphatic imine (C=N–C) groups is 1. The molecule has 0 radical (unpaired) electrons. The summed E-state index contributed by atoms with van der Waals surface area (Å²) in [7, 11) is 1.70. The van der Waals surface area contributed by atoms with Gasteiger partial charge in [-0.05, 0) is 49.1 Å². The summed E-state index contributed by atoms with van der Waals surface area (Å²) in [6.07, 6.45) is 7.92. The van der Waals surface area contributed by atoms with Gasteiger partial charge in [-0.1, -0.05) is 32.9 Å². The van der Waals surface area contributed by atoms with E-state index in [9.17, 15) is 0 Å². The van der Waals surface area contributed by atoms with Gasteiger partial charge in [-0.2, -0.15) is 0 Å². The number of rotatable bonds is 8. The topological polar surface area (TPSA) is 52.4 Å². The minimum atomic E-state index is -0.290. The summed E-state index contributed by atoms with van der Waals surface area (Å²) in [6.45, 7) is 13.7. The van der Waals surface area contributed by atoms with Gasteiger partial charge in [0.2, 0.25) is 0 Å². The number of benzene rings is 1. The fourth-order valence-corrected chi connectivity index (χ4v) is 3.53. The Hall–Kier alpha value is -2.60. The number of nitrogens with zero attached hydrogens (tertiary/aromatic N) is 4. The van der Waals surface area contributed by atoms with Crippen molar-refractivity contribution in [1.29, 1.82) is 0 Å². The highest BCUT2D eigenvalue weighted by Gasteiger charge is 2.15. The van der Waals surface area contributed by atoms with Crippen LogP contribution in [-0.4, -0.2) is 55.9 Å². The van der Waals surface area contributed by atoms with Crippen molar-refractivity contribution in [1.82, 2.24) is 10.2 Å². The van der Waals surface area contributed by atoms with E-state index in [0.717, 1.165) is 68.0 Å². The Morgan fingerprint density at radius 3 is 2.53 bits per heavy atom. The molecule has 1 aromatic carbocycles. The predicted molar refractivity (Wildman–Crippen MR) is 127 cm³/mol. The second kappa shape index (κ2) is 12.2. The molecule has 0 unspecified atom stereocenters. The Labute approximate surface area is 180 Å². The predicted octanol–water partition coefficient (Wildman–Crippen LogP) is 4.49. The van der Waals surface area contributed by atoms with Gasteiger partial charge in [0.25, 0.3) is 0 Å². The van der Waals surface area contributed by atoms with Gasteiger partial charge in [-0.15, -0.1) is 10.2 Å². The molecule has 1 aliphatic heterocycles. The van der Waals surface area contributed by atoms with Gasteiger partial charge < -0.3 is 10.2 Å². The highest BCUT2D eigenvalue weighted by molar-refractivity contribution is 6.12. The van der Waals surface area contributed by atoms with Crippen molar-refractivity contribution in [2.45, 2.75) is 40.0 Å². The Morgan fingerprint density at radius 2 is 1.93 bits per heavy atom. The molecule has 0 atom stereocenters. The second-order valence-electron chi connectivity index (χ2n) is 7.27. The summed E-state index contributed by atoms with van der Waals surface area (Å²) in [6, 6.07) is 3.48. The Kier molecular flexibility index (Phi) is 9.61. The minimum absolute atomic E-state index is 0.290. The monoisotopic (exact) mass is 411 g/mol. The van der Waals surface area contributed by atoms with Gasteiger partial charge in [-0.25, -0.2) is 4.39 Å². The largest absolute Gasteiger partial charge is 0.356 e. The van der Waals surface area contributed by atoms with E-state index in [2.05, 4.69) is 38.9 Å². The van der Waals surface area contributed by atoms with Crippen LogP contribution in [0.4, 0.5) is 4.39 Å². The Bertz CT molecular complexity index is 845. The maximum Gasteiger partial charge on any atom is 0.131 e.